The number of nitrogens with zero attached hydrogens (tertiary/aromatic N) is 4. The molecule has 3 heterocycles. The topological polar surface area (TPSA) is 314 Å². The molecule has 2 aromatic heterocycles. The van der Waals surface area contributed by atoms with Crippen molar-refractivity contribution in [1.82, 2.24) is 25.7 Å². The van der Waals surface area contributed by atoms with Crippen LogP contribution in [-0.2, 0) is 33.9 Å². The summed E-state index contributed by atoms with van der Waals surface area (Å²) in [4.78, 5) is 63.4. The smallest absolute Gasteiger partial charge is 0.418 e. The number of nitrogens with two attached hydrogens (primary N) is 3. The van der Waals surface area contributed by atoms with Crippen LogP contribution in [0.3, 0.4) is 0 Å². The number of pyridine rings is 1. The highest BCUT2D eigenvalue weighted by Gasteiger charge is 2.58. The Morgan fingerprint density at radius 1 is 1.10 bits per heavy atom. The van der Waals surface area contributed by atoms with Crippen LogP contribution in [0.4, 0.5) is 5.13 Å². The zero-order valence-electron chi connectivity index (χ0n) is 26.4. The van der Waals surface area contributed by atoms with Crippen LogP contribution in [0.2, 0.25) is 0 Å². The summed E-state index contributed by atoms with van der Waals surface area (Å²) in [5.41, 5.74) is 16.3. The normalized spacial score (nSPS) is 16.4. The number of nitrogens with one attached hydrogen (secondary N) is 2. The Morgan fingerprint density at radius 2 is 1.76 bits per heavy atom. The molecular formula is C28H33N9O11S2. The van der Waals surface area contributed by atoms with Gasteiger partial charge in [0.15, 0.2) is 10.8 Å². The van der Waals surface area contributed by atoms with Crippen molar-refractivity contribution in [2.24, 2.45) is 16.6 Å². The molecule has 268 valence electrons. The molecule has 1 fully saturated rings. The molecule has 0 unspecified atom stereocenters. The van der Waals surface area contributed by atoms with Crippen LogP contribution in [0.15, 0.2) is 53.1 Å². The van der Waals surface area contributed by atoms with Gasteiger partial charge in [-0.3, -0.25) is 23.9 Å². The monoisotopic (exact) mass is 735 g/mol. The van der Waals surface area contributed by atoms with Crippen molar-refractivity contribution >= 4 is 56.3 Å². The molecule has 1 aliphatic rings. The standard InChI is InChI=1S/C28H33N9O11S2/c1-28(2)22(25(40)37(28)48-50(43,44)45)35-24(39)21(19-13-49-27(31)34-19)36-47-20(26(41)42)12-46-17-6-3-14(4-7-17)15-5-8-18(32-11-15)23(38)33-16(9-29)10-30/h3-8,11,13,16,20,22H,9-10,12,29-30H2,1-2H3,(H2,31,34)(H,33,38)(H,35,39)(H,41,42)(H,43,44,45)/b36-21-/t20-,22+/m0/s1. The molecule has 20 nitrogen and oxygen atoms in total. The second-order valence-electron chi connectivity index (χ2n) is 11.0. The van der Waals surface area contributed by atoms with Gasteiger partial charge in [0.1, 0.15) is 29.8 Å². The molecule has 0 saturated carbocycles. The van der Waals surface area contributed by atoms with Crippen molar-refractivity contribution < 1.29 is 51.1 Å². The van der Waals surface area contributed by atoms with Crippen LogP contribution in [0.5, 0.6) is 5.75 Å². The minimum atomic E-state index is -5.03. The van der Waals surface area contributed by atoms with E-state index in [1.165, 1.54) is 25.4 Å². The van der Waals surface area contributed by atoms with Gasteiger partial charge in [0.05, 0.1) is 11.6 Å². The number of ether oxygens (including phenoxy) is 1. The third-order valence-corrected chi connectivity index (χ3v) is 8.15. The van der Waals surface area contributed by atoms with E-state index < -0.39 is 64.1 Å². The van der Waals surface area contributed by atoms with Crippen LogP contribution in [-0.4, -0.2) is 106 Å². The molecule has 0 bridgehead atoms. The Labute approximate surface area is 288 Å². The van der Waals surface area contributed by atoms with E-state index in [2.05, 4.69) is 30.0 Å². The lowest BCUT2D eigenvalue weighted by atomic mass is 9.84. The summed E-state index contributed by atoms with van der Waals surface area (Å²) in [6.07, 6.45) is -0.221. The molecule has 0 spiro atoms. The summed E-state index contributed by atoms with van der Waals surface area (Å²) in [5.74, 6) is -3.70. The summed E-state index contributed by atoms with van der Waals surface area (Å²) in [6.45, 7) is 2.51. The third kappa shape index (κ3) is 9.04. The number of rotatable bonds is 16. The highest BCUT2D eigenvalue weighted by molar-refractivity contribution is 7.80. The van der Waals surface area contributed by atoms with Gasteiger partial charge in [0.2, 0.25) is 0 Å². The van der Waals surface area contributed by atoms with E-state index in [9.17, 15) is 32.7 Å². The molecular weight excluding hydrogens is 702 g/mol. The van der Waals surface area contributed by atoms with Gasteiger partial charge in [-0.15, -0.1) is 15.6 Å². The molecule has 1 aliphatic heterocycles. The number of hydroxylamine groups is 2. The van der Waals surface area contributed by atoms with E-state index in [0.717, 1.165) is 11.3 Å². The molecule has 50 heavy (non-hydrogen) atoms. The van der Waals surface area contributed by atoms with Crippen molar-refractivity contribution in [3.05, 3.63) is 59.4 Å². The maximum absolute atomic E-state index is 13.2. The van der Waals surface area contributed by atoms with E-state index in [1.54, 1.807) is 36.4 Å². The Balaban J connectivity index is 1.41. The number of nitrogen functional groups attached to an aromatic ring is 1. The first-order valence-corrected chi connectivity index (χ1v) is 16.7. The highest BCUT2D eigenvalue weighted by atomic mass is 32.3. The van der Waals surface area contributed by atoms with Gasteiger partial charge in [0.25, 0.3) is 23.8 Å². The zero-order valence-corrected chi connectivity index (χ0v) is 28.0. The van der Waals surface area contributed by atoms with E-state index in [1.807, 2.05) is 0 Å². The van der Waals surface area contributed by atoms with Crippen LogP contribution in [0.25, 0.3) is 11.1 Å². The fourth-order valence-electron chi connectivity index (χ4n) is 4.37. The molecule has 4 rings (SSSR count). The fraction of sp³-hybridized carbons (Fsp3) is 0.321. The zero-order chi connectivity index (χ0) is 36.8. The SMILES string of the molecule is CC1(C)[C@H](NC(=O)/C(=N\O[C@@H](COc2ccc(-c3ccc(C(=O)NC(CN)CN)nc3)cc2)C(=O)O)c2csc(N)n2)C(=O)N1OS(=O)(=O)O. The highest BCUT2D eigenvalue weighted by Crippen LogP contribution is 2.33. The molecule has 3 aromatic rings. The van der Waals surface area contributed by atoms with Gasteiger partial charge < -0.3 is 42.5 Å². The van der Waals surface area contributed by atoms with Gasteiger partial charge in [-0.25, -0.2) is 9.78 Å². The van der Waals surface area contributed by atoms with Gasteiger partial charge in [-0.2, -0.15) is 13.5 Å². The quantitative estimate of drug-likeness (QED) is 0.0397. The van der Waals surface area contributed by atoms with Gasteiger partial charge >= 0.3 is 16.4 Å². The summed E-state index contributed by atoms with van der Waals surface area (Å²) in [7, 11) is -5.03. The number of amides is 3. The molecule has 0 radical (unpaired) electrons. The number of carboxylic acid groups (broad SMARTS) is 1. The number of hydrogen-bond donors (Lipinski definition) is 7. The first-order chi connectivity index (χ1) is 23.5. The van der Waals surface area contributed by atoms with Crippen molar-refractivity contribution in [3.63, 3.8) is 0 Å². The number of carbonyl (C=O) groups is 4. The number of carbonyl (C=O) groups excluding carboxylic acids is 3. The summed E-state index contributed by atoms with van der Waals surface area (Å²) < 4.78 is 41.0. The lowest BCUT2D eigenvalue weighted by molar-refractivity contribution is -0.218. The maximum atomic E-state index is 13.2. The number of anilines is 1. The molecule has 10 N–H and O–H groups in total. The molecule has 1 saturated heterocycles. The number of carboxylic acids is 1. The summed E-state index contributed by atoms with van der Waals surface area (Å²) in [6, 6.07) is 8.00. The van der Waals surface area contributed by atoms with Gasteiger partial charge in [0, 0.05) is 30.2 Å². The number of aromatic nitrogens is 2. The van der Waals surface area contributed by atoms with Crippen LogP contribution < -0.4 is 32.6 Å². The van der Waals surface area contributed by atoms with Crippen molar-refractivity contribution in [2.75, 3.05) is 25.4 Å². The molecule has 3 amide bonds. The molecule has 2 atom stereocenters. The average molecular weight is 736 g/mol. The fourth-order valence-corrected chi connectivity index (χ4v) is 5.37. The van der Waals surface area contributed by atoms with E-state index in [4.69, 9.17) is 31.3 Å². The number of oxime groups is 1. The Kier molecular flexibility index (Phi) is 11.7. The third-order valence-electron chi connectivity index (χ3n) is 7.14. The first kappa shape index (κ1) is 37.6. The van der Waals surface area contributed by atoms with E-state index >= 15 is 0 Å². The molecule has 0 aliphatic carbocycles. The maximum Gasteiger partial charge on any atom is 0.418 e. The Bertz CT molecular complexity index is 1860. The molecule has 1 aromatic carbocycles. The number of thiazole rings is 1. The van der Waals surface area contributed by atoms with Gasteiger partial charge in [-0.1, -0.05) is 23.4 Å². The summed E-state index contributed by atoms with van der Waals surface area (Å²) in [5, 5.41) is 20.2. The lowest BCUT2D eigenvalue weighted by Gasteiger charge is -2.50. The number of benzene rings is 1. The minimum absolute atomic E-state index is 0.0372. The minimum Gasteiger partial charge on any atom is -0.489 e. The van der Waals surface area contributed by atoms with E-state index in [0.29, 0.717) is 16.2 Å². The predicted octanol–water partition coefficient (Wildman–Crippen LogP) is -1.10. The predicted molar refractivity (Wildman–Crippen MR) is 176 cm³/mol. The number of β-lactam (4-membered cyclic amide) rings is 1. The summed E-state index contributed by atoms with van der Waals surface area (Å²) >= 11 is 0.938. The van der Waals surface area contributed by atoms with Crippen molar-refractivity contribution in [1.29, 1.82) is 0 Å². The average Bonchev–Trinajstić information content (AvgIpc) is 3.51. The first-order valence-electron chi connectivity index (χ1n) is 14.4. The second-order valence-corrected chi connectivity index (χ2v) is 12.9. The van der Waals surface area contributed by atoms with Crippen molar-refractivity contribution in [2.45, 2.75) is 37.6 Å². The Morgan fingerprint density at radius 3 is 2.28 bits per heavy atom. The van der Waals surface area contributed by atoms with Crippen LogP contribution in [0, 0.1) is 0 Å². The lowest BCUT2D eigenvalue weighted by Crippen LogP contribution is -2.76. The van der Waals surface area contributed by atoms with Crippen molar-refractivity contribution in [3.8, 4) is 16.9 Å². The second kappa shape index (κ2) is 15.5. The number of aliphatic carboxylic acids is 1. The number of hydrogen-bond acceptors (Lipinski definition) is 16. The van der Waals surface area contributed by atoms with Crippen LogP contribution in [0.1, 0.15) is 30.0 Å². The van der Waals surface area contributed by atoms with E-state index in [-0.39, 0.29) is 41.4 Å². The largest absolute Gasteiger partial charge is 0.489 e. The Hall–Kier alpha value is -5.26. The van der Waals surface area contributed by atoms with Gasteiger partial charge in [-0.05, 0) is 37.6 Å². The van der Waals surface area contributed by atoms with Crippen LogP contribution >= 0.6 is 11.3 Å². The molecule has 22 heteroatoms.